The van der Waals surface area contributed by atoms with Gasteiger partial charge in [-0.15, -0.1) is 24.0 Å². The van der Waals surface area contributed by atoms with Crippen molar-refractivity contribution in [2.75, 3.05) is 33.2 Å². The number of rotatable bonds is 8. The summed E-state index contributed by atoms with van der Waals surface area (Å²) in [4.78, 5) is 6.71. The molecule has 25 heavy (non-hydrogen) atoms. The minimum absolute atomic E-state index is 0. The molecular weight excluding hydrogens is 427 g/mol. The van der Waals surface area contributed by atoms with Crippen LogP contribution < -0.4 is 10.6 Å². The summed E-state index contributed by atoms with van der Waals surface area (Å²) in [6, 6.07) is 8.14. The highest BCUT2D eigenvalue weighted by atomic mass is 127. The molecular formula is C19H31IN4O. The van der Waals surface area contributed by atoms with E-state index in [9.17, 15) is 0 Å². The SMILES string of the molecule is CCN(CC)CCCNC(=NC)NCc1oc2ccccc2c1C.I. The quantitative estimate of drug-likeness (QED) is 0.274. The smallest absolute Gasteiger partial charge is 0.191 e. The second kappa shape index (κ2) is 11.4. The summed E-state index contributed by atoms with van der Waals surface area (Å²) in [6.07, 6.45) is 1.10. The number of nitrogens with zero attached hydrogens (tertiary/aromatic N) is 2. The van der Waals surface area contributed by atoms with E-state index in [1.807, 2.05) is 18.2 Å². The van der Waals surface area contributed by atoms with Crippen LogP contribution in [0.4, 0.5) is 0 Å². The third kappa shape index (κ3) is 6.18. The number of guanidine groups is 1. The number of para-hydroxylation sites is 1. The van der Waals surface area contributed by atoms with Gasteiger partial charge in [0.1, 0.15) is 11.3 Å². The van der Waals surface area contributed by atoms with Crippen LogP contribution >= 0.6 is 24.0 Å². The number of hydrogen-bond donors (Lipinski definition) is 2. The van der Waals surface area contributed by atoms with Crippen LogP contribution in [0.3, 0.4) is 0 Å². The zero-order valence-electron chi connectivity index (χ0n) is 15.8. The lowest BCUT2D eigenvalue weighted by molar-refractivity contribution is 0.300. The summed E-state index contributed by atoms with van der Waals surface area (Å²) in [5, 5.41) is 7.88. The first-order valence-corrected chi connectivity index (χ1v) is 8.83. The molecule has 5 nitrogen and oxygen atoms in total. The molecule has 0 radical (unpaired) electrons. The van der Waals surface area contributed by atoms with Crippen LogP contribution in [0.15, 0.2) is 33.7 Å². The van der Waals surface area contributed by atoms with Crippen molar-refractivity contribution in [2.24, 2.45) is 4.99 Å². The number of aryl methyl sites for hydroxylation is 1. The van der Waals surface area contributed by atoms with Crippen LogP contribution in [0.2, 0.25) is 0 Å². The number of benzene rings is 1. The van der Waals surface area contributed by atoms with E-state index in [-0.39, 0.29) is 24.0 Å². The number of fused-ring (bicyclic) bond motifs is 1. The van der Waals surface area contributed by atoms with Crippen molar-refractivity contribution in [3.63, 3.8) is 0 Å². The van der Waals surface area contributed by atoms with E-state index in [0.717, 1.165) is 49.9 Å². The molecule has 0 saturated carbocycles. The van der Waals surface area contributed by atoms with Gasteiger partial charge in [0.2, 0.25) is 0 Å². The molecule has 2 aromatic rings. The normalized spacial score (nSPS) is 11.6. The average Bonchev–Trinajstić information content (AvgIpc) is 2.94. The topological polar surface area (TPSA) is 52.8 Å². The van der Waals surface area contributed by atoms with Gasteiger partial charge in [0.05, 0.1) is 6.54 Å². The first-order chi connectivity index (χ1) is 11.7. The lowest BCUT2D eigenvalue weighted by Gasteiger charge is -2.18. The lowest BCUT2D eigenvalue weighted by Crippen LogP contribution is -2.38. The molecule has 0 aliphatic heterocycles. The summed E-state index contributed by atoms with van der Waals surface area (Å²) in [7, 11) is 1.80. The first kappa shape index (κ1) is 21.8. The Labute approximate surface area is 168 Å². The molecule has 0 unspecified atom stereocenters. The number of halogens is 1. The van der Waals surface area contributed by atoms with Crippen molar-refractivity contribution in [1.82, 2.24) is 15.5 Å². The van der Waals surface area contributed by atoms with Crippen LogP contribution in [0.25, 0.3) is 11.0 Å². The molecule has 2 N–H and O–H groups in total. The summed E-state index contributed by atoms with van der Waals surface area (Å²) in [5.41, 5.74) is 2.13. The van der Waals surface area contributed by atoms with Gasteiger partial charge < -0.3 is 20.0 Å². The number of aliphatic imine (C=N–C) groups is 1. The van der Waals surface area contributed by atoms with Gasteiger partial charge in [-0.25, -0.2) is 0 Å². The molecule has 1 aromatic heterocycles. The van der Waals surface area contributed by atoms with E-state index >= 15 is 0 Å². The van der Waals surface area contributed by atoms with Gasteiger partial charge in [0, 0.05) is 24.5 Å². The second-order valence-electron chi connectivity index (χ2n) is 5.88. The van der Waals surface area contributed by atoms with Crippen molar-refractivity contribution < 1.29 is 4.42 Å². The van der Waals surface area contributed by atoms with Gasteiger partial charge >= 0.3 is 0 Å². The van der Waals surface area contributed by atoms with E-state index in [0.29, 0.717) is 6.54 Å². The maximum Gasteiger partial charge on any atom is 0.191 e. The standard InChI is InChI=1S/C19H30N4O.HI/c1-5-23(6-2)13-9-12-21-19(20-4)22-14-18-15(3)16-10-7-8-11-17(16)24-18;/h7-8,10-11H,5-6,9,12-14H2,1-4H3,(H2,20,21,22);1H. The Morgan fingerprint density at radius 1 is 1.16 bits per heavy atom. The Bertz CT molecular complexity index is 664. The number of furan rings is 1. The fourth-order valence-electron chi connectivity index (χ4n) is 2.83. The highest BCUT2D eigenvalue weighted by Crippen LogP contribution is 2.24. The van der Waals surface area contributed by atoms with Gasteiger partial charge in [-0.1, -0.05) is 32.0 Å². The van der Waals surface area contributed by atoms with Crippen LogP contribution in [0.1, 0.15) is 31.6 Å². The predicted molar refractivity (Wildman–Crippen MR) is 117 cm³/mol. The Hall–Kier alpha value is -1.28. The molecule has 0 saturated heterocycles. The number of nitrogens with one attached hydrogen (secondary N) is 2. The molecule has 0 aliphatic carbocycles. The van der Waals surface area contributed by atoms with E-state index in [1.165, 1.54) is 10.9 Å². The minimum atomic E-state index is 0. The summed E-state index contributed by atoms with van der Waals surface area (Å²) < 4.78 is 5.93. The predicted octanol–water partition coefficient (Wildman–Crippen LogP) is 3.76. The summed E-state index contributed by atoms with van der Waals surface area (Å²) in [6.45, 7) is 11.4. The molecule has 2 rings (SSSR count). The third-order valence-corrected chi connectivity index (χ3v) is 4.42. The van der Waals surface area contributed by atoms with Crippen LogP contribution in [-0.2, 0) is 6.54 Å². The van der Waals surface area contributed by atoms with E-state index in [2.05, 4.69) is 47.4 Å². The molecule has 0 amide bonds. The van der Waals surface area contributed by atoms with Gasteiger partial charge in [-0.3, -0.25) is 4.99 Å². The lowest BCUT2D eigenvalue weighted by atomic mass is 10.1. The highest BCUT2D eigenvalue weighted by molar-refractivity contribution is 14.0. The molecule has 6 heteroatoms. The Kier molecular flexibility index (Phi) is 9.89. The van der Waals surface area contributed by atoms with Crippen LogP contribution in [-0.4, -0.2) is 44.1 Å². The fourth-order valence-corrected chi connectivity index (χ4v) is 2.83. The van der Waals surface area contributed by atoms with Crippen molar-refractivity contribution >= 4 is 40.9 Å². The van der Waals surface area contributed by atoms with Crippen molar-refractivity contribution in [3.8, 4) is 0 Å². The van der Waals surface area contributed by atoms with Crippen molar-refractivity contribution in [3.05, 3.63) is 35.6 Å². The second-order valence-corrected chi connectivity index (χ2v) is 5.88. The maximum atomic E-state index is 5.93. The summed E-state index contributed by atoms with van der Waals surface area (Å²) in [5.74, 6) is 1.77. The van der Waals surface area contributed by atoms with Gasteiger partial charge in [-0.2, -0.15) is 0 Å². The molecule has 0 atom stereocenters. The highest BCUT2D eigenvalue weighted by Gasteiger charge is 2.10. The van der Waals surface area contributed by atoms with E-state index in [1.54, 1.807) is 7.05 Å². The zero-order valence-corrected chi connectivity index (χ0v) is 18.1. The molecule has 0 spiro atoms. The molecule has 1 aromatic carbocycles. The fraction of sp³-hybridized carbons (Fsp3) is 0.526. The van der Waals surface area contributed by atoms with Crippen LogP contribution in [0.5, 0.6) is 0 Å². The molecule has 0 fully saturated rings. The van der Waals surface area contributed by atoms with Gasteiger partial charge in [0.15, 0.2) is 5.96 Å². The largest absolute Gasteiger partial charge is 0.459 e. The van der Waals surface area contributed by atoms with Crippen molar-refractivity contribution in [1.29, 1.82) is 0 Å². The Morgan fingerprint density at radius 3 is 2.52 bits per heavy atom. The average molecular weight is 458 g/mol. The third-order valence-electron chi connectivity index (χ3n) is 4.42. The first-order valence-electron chi connectivity index (χ1n) is 8.83. The van der Waals surface area contributed by atoms with E-state index in [4.69, 9.17) is 4.42 Å². The van der Waals surface area contributed by atoms with Gasteiger partial charge in [-0.05, 0) is 39.0 Å². The Balaban J connectivity index is 0.00000312. The molecule has 0 bridgehead atoms. The monoisotopic (exact) mass is 458 g/mol. The van der Waals surface area contributed by atoms with E-state index < -0.39 is 0 Å². The van der Waals surface area contributed by atoms with Crippen molar-refractivity contribution in [2.45, 2.75) is 33.7 Å². The Morgan fingerprint density at radius 2 is 1.88 bits per heavy atom. The molecule has 140 valence electrons. The molecule has 0 aliphatic rings. The maximum absolute atomic E-state index is 5.93. The minimum Gasteiger partial charge on any atom is -0.459 e. The zero-order chi connectivity index (χ0) is 17.4. The number of hydrogen-bond acceptors (Lipinski definition) is 3. The van der Waals surface area contributed by atoms with Gasteiger partial charge in [0.25, 0.3) is 0 Å². The summed E-state index contributed by atoms with van der Waals surface area (Å²) >= 11 is 0. The molecule has 1 heterocycles. The van der Waals surface area contributed by atoms with Crippen LogP contribution in [0, 0.1) is 6.92 Å².